The monoisotopic (exact) mass is 294 g/mol. The number of urea groups is 1. The maximum absolute atomic E-state index is 12.0. The number of rotatable bonds is 4. The van der Waals surface area contributed by atoms with Crippen LogP contribution in [0.3, 0.4) is 0 Å². The molecule has 1 aromatic rings. The summed E-state index contributed by atoms with van der Waals surface area (Å²) in [6.07, 6.45) is 2.27. The number of anilines is 1. The minimum Gasteiger partial charge on any atom is -0.377 e. The van der Waals surface area contributed by atoms with Crippen molar-refractivity contribution in [3.63, 3.8) is 0 Å². The van der Waals surface area contributed by atoms with Crippen LogP contribution in [0.2, 0.25) is 0 Å². The summed E-state index contributed by atoms with van der Waals surface area (Å²) in [6.45, 7) is 1.98. The fourth-order valence-electron chi connectivity index (χ4n) is 2.21. The molecule has 2 amide bonds. The SMILES string of the molecule is CO[C@H](C)c1cccc(NC(=O)N[C@H]2CCCSC2)c1. The van der Waals surface area contributed by atoms with Gasteiger partial charge in [0.1, 0.15) is 0 Å². The molecule has 0 aliphatic carbocycles. The predicted octanol–water partition coefficient (Wildman–Crippen LogP) is 3.41. The molecular weight excluding hydrogens is 272 g/mol. The van der Waals surface area contributed by atoms with Gasteiger partial charge in [0, 0.05) is 24.6 Å². The Hall–Kier alpha value is -1.20. The maximum Gasteiger partial charge on any atom is 0.319 e. The first kappa shape index (κ1) is 15.2. The molecule has 1 aliphatic heterocycles. The van der Waals surface area contributed by atoms with Gasteiger partial charge in [-0.05, 0) is 43.2 Å². The van der Waals surface area contributed by atoms with Gasteiger partial charge in [0.25, 0.3) is 0 Å². The first-order chi connectivity index (χ1) is 9.69. The Kier molecular flexibility index (Phi) is 5.73. The second-order valence-electron chi connectivity index (χ2n) is 5.02. The van der Waals surface area contributed by atoms with E-state index in [1.807, 2.05) is 43.0 Å². The van der Waals surface area contributed by atoms with Crippen molar-refractivity contribution < 1.29 is 9.53 Å². The zero-order chi connectivity index (χ0) is 14.4. The van der Waals surface area contributed by atoms with E-state index in [0.717, 1.165) is 23.4 Å². The van der Waals surface area contributed by atoms with Crippen molar-refractivity contribution in [2.45, 2.75) is 31.9 Å². The van der Waals surface area contributed by atoms with E-state index in [9.17, 15) is 4.79 Å². The molecule has 110 valence electrons. The third-order valence-electron chi connectivity index (χ3n) is 3.46. The molecule has 20 heavy (non-hydrogen) atoms. The Morgan fingerprint density at radius 1 is 1.50 bits per heavy atom. The highest BCUT2D eigenvalue weighted by molar-refractivity contribution is 7.99. The lowest BCUT2D eigenvalue weighted by atomic mass is 10.1. The predicted molar refractivity (Wildman–Crippen MR) is 84.4 cm³/mol. The molecule has 1 aromatic carbocycles. The van der Waals surface area contributed by atoms with Crippen LogP contribution in [0.4, 0.5) is 10.5 Å². The van der Waals surface area contributed by atoms with Gasteiger partial charge in [-0.2, -0.15) is 11.8 Å². The lowest BCUT2D eigenvalue weighted by Gasteiger charge is -2.22. The number of nitrogens with one attached hydrogen (secondary N) is 2. The summed E-state index contributed by atoms with van der Waals surface area (Å²) in [5, 5.41) is 5.92. The van der Waals surface area contributed by atoms with Crippen LogP contribution in [0.1, 0.15) is 31.4 Å². The smallest absolute Gasteiger partial charge is 0.319 e. The van der Waals surface area contributed by atoms with Crippen LogP contribution in [0.5, 0.6) is 0 Å². The number of thioether (sulfide) groups is 1. The minimum atomic E-state index is -0.125. The summed E-state index contributed by atoms with van der Waals surface area (Å²) in [5.74, 6) is 2.21. The number of methoxy groups -OCH3 is 1. The van der Waals surface area contributed by atoms with Gasteiger partial charge in [-0.25, -0.2) is 4.79 Å². The fraction of sp³-hybridized carbons (Fsp3) is 0.533. The van der Waals surface area contributed by atoms with Crippen molar-refractivity contribution >= 4 is 23.5 Å². The number of benzene rings is 1. The molecule has 1 saturated heterocycles. The molecular formula is C15H22N2O2S. The number of hydrogen-bond acceptors (Lipinski definition) is 3. The minimum absolute atomic E-state index is 0.0227. The van der Waals surface area contributed by atoms with Crippen molar-refractivity contribution in [1.29, 1.82) is 0 Å². The molecule has 0 spiro atoms. The average Bonchev–Trinajstić information content (AvgIpc) is 2.47. The molecule has 0 unspecified atom stereocenters. The van der Waals surface area contributed by atoms with Crippen LogP contribution in [-0.2, 0) is 4.74 Å². The molecule has 0 saturated carbocycles. The second-order valence-corrected chi connectivity index (χ2v) is 6.17. The van der Waals surface area contributed by atoms with Crippen LogP contribution in [0, 0.1) is 0 Å². The van der Waals surface area contributed by atoms with Gasteiger partial charge >= 0.3 is 6.03 Å². The van der Waals surface area contributed by atoms with Gasteiger partial charge in [-0.15, -0.1) is 0 Å². The van der Waals surface area contributed by atoms with Crippen molar-refractivity contribution in [1.82, 2.24) is 5.32 Å². The zero-order valence-corrected chi connectivity index (χ0v) is 12.8. The topological polar surface area (TPSA) is 50.4 Å². The van der Waals surface area contributed by atoms with Crippen LogP contribution in [-0.4, -0.2) is 30.7 Å². The maximum atomic E-state index is 12.0. The summed E-state index contributed by atoms with van der Waals surface area (Å²) in [7, 11) is 1.68. The first-order valence-electron chi connectivity index (χ1n) is 6.97. The van der Waals surface area contributed by atoms with Crippen molar-refractivity contribution in [2.75, 3.05) is 23.9 Å². The Balaban J connectivity index is 1.90. The van der Waals surface area contributed by atoms with Gasteiger partial charge < -0.3 is 15.4 Å². The number of ether oxygens (including phenoxy) is 1. The second kappa shape index (κ2) is 7.55. The van der Waals surface area contributed by atoms with E-state index in [2.05, 4.69) is 10.6 Å². The number of amides is 2. The Labute approximate surface area is 124 Å². The fourth-order valence-corrected chi connectivity index (χ4v) is 3.28. The molecule has 1 heterocycles. The highest BCUT2D eigenvalue weighted by Crippen LogP contribution is 2.20. The molecule has 2 atom stereocenters. The number of hydrogen-bond donors (Lipinski definition) is 2. The van der Waals surface area contributed by atoms with E-state index >= 15 is 0 Å². The van der Waals surface area contributed by atoms with E-state index < -0.39 is 0 Å². The van der Waals surface area contributed by atoms with Crippen molar-refractivity contribution in [3.8, 4) is 0 Å². The summed E-state index contributed by atoms with van der Waals surface area (Å²) in [6, 6.07) is 7.92. The first-order valence-corrected chi connectivity index (χ1v) is 8.12. The van der Waals surface area contributed by atoms with Gasteiger partial charge in [-0.1, -0.05) is 12.1 Å². The molecule has 1 aliphatic rings. The molecule has 4 nitrogen and oxygen atoms in total. The quantitative estimate of drug-likeness (QED) is 0.894. The largest absolute Gasteiger partial charge is 0.377 e. The van der Waals surface area contributed by atoms with Gasteiger partial charge in [0.15, 0.2) is 0 Å². The third kappa shape index (κ3) is 4.42. The van der Waals surface area contributed by atoms with Crippen LogP contribution < -0.4 is 10.6 Å². The summed E-state index contributed by atoms with van der Waals surface area (Å²) in [5.41, 5.74) is 1.85. The Morgan fingerprint density at radius 2 is 2.35 bits per heavy atom. The van der Waals surface area contributed by atoms with E-state index in [-0.39, 0.29) is 18.2 Å². The van der Waals surface area contributed by atoms with Gasteiger partial charge in [0.05, 0.1) is 6.10 Å². The molecule has 0 radical (unpaired) electrons. The van der Waals surface area contributed by atoms with Crippen LogP contribution in [0.15, 0.2) is 24.3 Å². The van der Waals surface area contributed by atoms with Crippen molar-refractivity contribution in [2.24, 2.45) is 0 Å². The molecule has 5 heteroatoms. The zero-order valence-electron chi connectivity index (χ0n) is 12.0. The molecule has 1 fully saturated rings. The standard InChI is InChI=1S/C15H22N2O2S/c1-11(19-2)12-5-3-6-13(9-12)16-15(18)17-14-7-4-8-20-10-14/h3,5-6,9,11,14H,4,7-8,10H2,1-2H3,(H2,16,17,18)/t11-,14+/m1/s1. The summed E-state index contributed by atoms with van der Waals surface area (Å²) < 4.78 is 5.29. The lowest BCUT2D eigenvalue weighted by Crippen LogP contribution is -2.40. The molecule has 2 N–H and O–H groups in total. The number of carbonyl (C=O) groups is 1. The molecule has 2 rings (SSSR count). The van der Waals surface area contributed by atoms with E-state index in [4.69, 9.17) is 4.74 Å². The Bertz CT molecular complexity index is 447. The van der Waals surface area contributed by atoms with E-state index in [0.29, 0.717) is 0 Å². The van der Waals surface area contributed by atoms with E-state index in [1.165, 1.54) is 12.2 Å². The third-order valence-corrected chi connectivity index (χ3v) is 4.68. The molecule has 0 bridgehead atoms. The highest BCUT2D eigenvalue weighted by atomic mass is 32.2. The van der Waals surface area contributed by atoms with Crippen LogP contribution >= 0.6 is 11.8 Å². The average molecular weight is 294 g/mol. The summed E-state index contributed by atoms with van der Waals surface area (Å²) >= 11 is 1.90. The number of carbonyl (C=O) groups excluding carboxylic acids is 1. The highest BCUT2D eigenvalue weighted by Gasteiger charge is 2.16. The van der Waals surface area contributed by atoms with Crippen molar-refractivity contribution in [3.05, 3.63) is 29.8 Å². The summed E-state index contributed by atoms with van der Waals surface area (Å²) in [4.78, 5) is 12.0. The Morgan fingerprint density at radius 3 is 3.05 bits per heavy atom. The lowest BCUT2D eigenvalue weighted by molar-refractivity contribution is 0.119. The van der Waals surface area contributed by atoms with Gasteiger partial charge in [0.2, 0.25) is 0 Å². The van der Waals surface area contributed by atoms with Crippen LogP contribution in [0.25, 0.3) is 0 Å². The molecule has 0 aromatic heterocycles. The van der Waals surface area contributed by atoms with Gasteiger partial charge in [-0.3, -0.25) is 0 Å². The normalized spacial score (nSPS) is 20.2. The van der Waals surface area contributed by atoms with E-state index in [1.54, 1.807) is 7.11 Å².